The molecule has 0 aromatic rings. The highest BCUT2D eigenvalue weighted by molar-refractivity contribution is 5.03. The Kier molecular flexibility index (Phi) is 3.56. The highest BCUT2D eigenvalue weighted by Gasteiger charge is 2.45. The zero-order valence-electron chi connectivity index (χ0n) is 10.3. The molecule has 0 aliphatic carbocycles. The molecule has 0 aliphatic heterocycles. The van der Waals surface area contributed by atoms with Crippen LogP contribution in [-0.2, 0) is 0 Å². The molecular weight excluding hydrogens is 160 g/mol. The molecule has 0 atom stereocenters. The summed E-state index contributed by atoms with van der Waals surface area (Å²) in [5.74, 6) is 0. The Bertz CT molecular complexity index is 163. The second-order valence-corrected chi connectivity index (χ2v) is 5.50. The third-order valence-corrected chi connectivity index (χ3v) is 3.79. The van der Waals surface area contributed by atoms with Gasteiger partial charge in [-0.05, 0) is 39.7 Å². The van der Waals surface area contributed by atoms with Gasteiger partial charge >= 0.3 is 0 Å². The lowest BCUT2D eigenvalue weighted by Crippen LogP contribution is -2.63. The predicted molar refractivity (Wildman–Crippen MR) is 59.8 cm³/mol. The summed E-state index contributed by atoms with van der Waals surface area (Å²) in [6.45, 7) is 16.1. The van der Waals surface area contributed by atoms with Crippen molar-refractivity contribution in [1.82, 2.24) is 5.32 Å². The minimum Gasteiger partial charge on any atom is -0.325 e. The van der Waals surface area contributed by atoms with Gasteiger partial charge in [-0.3, -0.25) is 0 Å². The van der Waals surface area contributed by atoms with Gasteiger partial charge in [-0.15, -0.1) is 0 Å². The minimum absolute atomic E-state index is 0.0516. The normalized spacial score (nSPS) is 14.8. The first-order valence-corrected chi connectivity index (χ1v) is 5.10. The second-order valence-electron chi connectivity index (χ2n) is 5.50. The van der Waals surface area contributed by atoms with Crippen molar-refractivity contribution in [1.29, 1.82) is 0 Å². The fourth-order valence-electron chi connectivity index (χ4n) is 1.47. The van der Waals surface area contributed by atoms with Crippen molar-refractivity contribution in [3.63, 3.8) is 0 Å². The second kappa shape index (κ2) is 3.58. The zero-order valence-corrected chi connectivity index (χ0v) is 10.3. The van der Waals surface area contributed by atoms with Gasteiger partial charge in [0.25, 0.3) is 0 Å². The van der Waals surface area contributed by atoms with Gasteiger partial charge in [0.1, 0.15) is 0 Å². The quantitative estimate of drug-likeness (QED) is 0.706. The molecule has 0 saturated heterocycles. The van der Waals surface area contributed by atoms with Gasteiger partial charge in [0.05, 0.1) is 0 Å². The maximum Gasteiger partial charge on any atom is 0.0193 e. The summed E-state index contributed by atoms with van der Waals surface area (Å²) in [6, 6.07) is 0. The Hall–Kier alpha value is -0.0800. The van der Waals surface area contributed by atoms with Gasteiger partial charge in [0, 0.05) is 11.1 Å². The van der Waals surface area contributed by atoms with E-state index in [0.29, 0.717) is 0 Å². The molecule has 0 amide bonds. The van der Waals surface area contributed by atoms with Crippen LogP contribution in [0.15, 0.2) is 0 Å². The van der Waals surface area contributed by atoms with E-state index in [0.717, 1.165) is 6.54 Å². The van der Waals surface area contributed by atoms with Gasteiger partial charge in [-0.25, -0.2) is 0 Å². The van der Waals surface area contributed by atoms with Crippen molar-refractivity contribution in [2.75, 3.05) is 6.54 Å². The van der Waals surface area contributed by atoms with E-state index in [1.807, 2.05) is 0 Å². The van der Waals surface area contributed by atoms with E-state index in [4.69, 9.17) is 5.73 Å². The molecule has 0 aromatic carbocycles. The molecule has 2 nitrogen and oxygen atoms in total. The Labute approximate surface area is 83.3 Å². The first-order valence-electron chi connectivity index (χ1n) is 5.10. The summed E-state index contributed by atoms with van der Waals surface area (Å²) in [5.41, 5.74) is 6.11. The lowest BCUT2D eigenvalue weighted by molar-refractivity contribution is 0.0745. The fourth-order valence-corrected chi connectivity index (χ4v) is 1.47. The highest BCUT2D eigenvalue weighted by atomic mass is 15.0. The minimum atomic E-state index is -0.182. The van der Waals surface area contributed by atoms with Crippen LogP contribution in [0, 0.1) is 5.41 Å². The molecule has 0 aromatic heterocycles. The molecule has 80 valence electrons. The average Bonchev–Trinajstić information content (AvgIpc) is 1.84. The zero-order chi connectivity index (χ0) is 10.9. The summed E-state index contributed by atoms with van der Waals surface area (Å²) < 4.78 is 0. The molecule has 3 N–H and O–H groups in total. The Balaban J connectivity index is 4.81. The first-order chi connectivity index (χ1) is 5.56. The predicted octanol–water partition coefficient (Wildman–Crippen LogP) is 2.14. The van der Waals surface area contributed by atoms with E-state index < -0.39 is 0 Å². The molecule has 2 heteroatoms. The van der Waals surface area contributed by atoms with Crippen molar-refractivity contribution < 1.29 is 0 Å². The van der Waals surface area contributed by atoms with Gasteiger partial charge < -0.3 is 11.1 Å². The lowest BCUT2D eigenvalue weighted by Gasteiger charge is -2.50. The van der Waals surface area contributed by atoms with Crippen LogP contribution >= 0.6 is 0 Å². The van der Waals surface area contributed by atoms with Gasteiger partial charge in [0.15, 0.2) is 0 Å². The average molecular weight is 186 g/mol. The van der Waals surface area contributed by atoms with Crippen molar-refractivity contribution >= 4 is 0 Å². The van der Waals surface area contributed by atoms with Crippen LogP contribution in [-0.4, -0.2) is 17.6 Å². The standard InChI is InChI=1S/C11H26N2/c1-8-13-11(6,7)9(2,3)10(4,5)12/h13H,8,12H2,1-7H3. The van der Waals surface area contributed by atoms with Crippen molar-refractivity contribution in [2.45, 2.75) is 59.5 Å². The van der Waals surface area contributed by atoms with Gasteiger partial charge in [-0.1, -0.05) is 20.8 Å². The molecule has 0 spiro atoms. The number of nitrogens with two attached hydrogens (primary N) is 1. The largest absolute Gasteiger partial charge is 0.325 e. The van der Waals surface area contributed by atoms with Gasteiger partial charge in [0.2, 0.25) is 0 Å². The van der Waals surface area contributed by atoms with Gasteiger partial charge in [-0.2, -0.15) is 0 Å². The van der Waals surface area contributed by atoms with Crippen LogP contribution in [0.4, 0.5) is 0 Å². The van der Waals surface area contributed by atoms with Crippen molar-refractivity contribution in [3.05, 3.63) is 0 Å². The van der Waals surface area contributed by atoms with Crippen LogP contribution in [0.1, 0.15) is 48.5 Å². The summed E-state index contributed by atoms with van der Waals surface area (Å²) >= 11 is 0. The summed E-state index contributed by atoms with van der Waals surface area (Å²) in [5, 5.41) is 3.49. The van der Waals surface area contributed by atoms with E-state index in [2.05, 4.69) is 53.8 Å². The SMILES string of the molecule is CCNC(C)(C)C(C)(C)C(C)(C)N. The molecule has 0 bridgehead atoms. The van der Waals surface area contributed by atoms with Crippen LogP contribution in [0.25, 0.3) is 0 Å². The molecule has 0 heterocycles. The van der Waals surface area contributed by atoms with Crippen molar-refractivity contribution in [3.8, 4) is 0 Å². The Morgan fingerprint density at radius 3 is 1.62 bits per heavy atom. The summed E-state index contributed by atoms with van der Waals surface area (Å²) in [6.07, 6.45) is 0. The van der Waals surface area contributed by atoms with E-state index in [1.165, 1.54) is 0 Å². The molecule has 0 saturated carbocycles. The third-order valence-electron chi connectivity index (χ3n) is 3.79. The first kappa shape index (κ1) is 12.9. The van der Waals surface area contributed by atoms with Crippen LogP contribution < -0.4 is 11.1 Å². The summed E-state index contributed by atoms with van der Waals surface area (Å²) in [7, 11) is 0. The van der Waals surface area contributed by atoms with E-state index in [1.54, 1.807) is 0 Å². The third kappa shape index (κ3) is 2.44. The topological polar surface area (TPSA) is 38.0 Å². The molecule has 0 aliphatic rings. The number of hydrogen-bond acceptors (Lipinski definition) is 2. The maximum atomic E-state index is 6.19. The summed E-state index contributed by atoms with van der Waals surface area (Å²) in [4.78, 5) is 0. The molecule has 0 fully saturated rings. The maximum absolute atomic E-state index is 6.19. The van der Waals surface area contributed by atoms with Crippen LogP contribution in [0.2, 0.25) is 0 Å². The van der Waals surface area contributed by atoms with Crippen LogP contribution in [0.3, 0.4) is 0 Å². The lowest BCUT2D eigenvalue weighted by atomic mass is 9.63. The fraction of sp³-hybridized carbons (Fsp3) is 1.00. The van der Waals surface area contributed by atoms with Crippen molar-refractivity contribution in [2.24, 2.45) is 11.1 Å². The Morgan fingerprint density at radius 2 is 1.38 bits per heavy atom. The monoisotopic (exact) mass is 186 g/mol. The Morgan fingerprint density at radius 1 is 1.00 bits per heavy atom. The van der Waals surface area contributed by atoms with E-state index >= 15 is 0 Å². The molecule has 13 heavy (non-hydrogen) atoms. The van der Waals surface area contributed by atoms with E-state index in [-0.39, 0.29) is 16.5 Å². The molecule has 0 radical (unpaired) electrons. The van der Waals surface area contributed by atoms with Crippen LogP contribution in [0.5, 0.6) is 0 Å². The molecule has 0 unspecified atom stereocenters. The number of nitrogens with one attached hydrogen (secondary N) is 1. The molecule has 0 rings (SSSR count). The molecular formula is C11H26N2. The highest BCUT2D eigenvalue weighted by Crippen LogP contribution is 2.38. The smallest absolute Gasteiger partial charge is 0.0193 e. The van der Waals surface area contributed by atoms with E-state index in [9.17, 15) is 0 Å². The number of hydrogen-bond donors (Lipinski definition) is 2. The number of rotatable bonds is 4.